The van der Waals surface area contributed by atoms with Gasteiger partial charge in [-0.3, -0.25) is 4.68 Å². The van der Waals surface area contributed by atoms with Crippen LogP contribution < -0.4 is 0 Å². The molecule has 2 aliphatic rings. The second-order valence-electron chi connectivity index (χ2n) is 4.76. The number of aromatic nitrogens is 3. The van der Waals surface area contributed by atoms with Crippen molar-refractivity contribution in [1.82, 2.24) is 19.9 Å². The van der Waals surface area contributed by atoms with Crippen molar-refractivity contribution in [2.75, 3.05) is 20.1 Å². The zero-order valence-electron chi connectivity index (χ0n) is 10.9. The molecule has 1 saturated carbocycles. The molecule has 90 valence electrons. The van der Waals surface area contributed by atoms with Crippen molar-refractivity contribution >= 4 is 0 Å². The monoisotopic (exact) mass is 222 g/mol. The second kappa shape index (κ2) is 4.17. The number of fused-ring (bicyclic) bond motifs is 1. The van der Waals surface area contributed by atoms with Crippen molar-refractivity contribution in [2.24, 2.45) is 18.9 Å². The maximum Gasteiger partial charge on any atom is 0.0893 e. The summed E-state index contributed by atoms with van der Waals surface area (Å²) >= 11 is 0. The lowest BCUT2D eigenvalue weighted by Crippen LogP contribution is -2.18. The number of rotatable bonds is 1. The van der Waals surface area contributed by atoms with Gasteiger partial charge in [-0.25, -0.2) is 0 Å². The van der Waals surface area contributed by atoms with Crippen LogP contribution in [0.4, 0.5) is 0 Å². The van der Waals surface area contributed by atoms with Gasteiger partial charge in [0.15, 0.2) is 0 Å². The first-order valence-corrected chi connectivity index (χ1v) is 6.23. The maximum absolute atomic E-state index is 4.28. The molecule has 2 atom stereocenters. The molecule has 4 heteroatoms. The average molecular weight is 222 g/mol. The topological polar surface area (TPSA) is 34.0 Å². The minimum Gasteiger partial charge on any atom is -0.306 e. The molecule has 1 aliphatic carbocycles. The van der Waals surface area contributed by atoms with Gasteiger partial charge in [-0.05, 0) is 25.8 Å². The Kier molecular flexibility index (Phi) is 3.02. The highest BCUT2D eigenvalue weighted by atomic mass is 15.4. The lowest BCUT2D eigenvalue weighted by atomic mass is 10.1. The third-order valence-electron chi connectivity index (χ3n) is 3.84. The fourth-order valence-corrected chi connectivity index (χ4v) is 2.87. The molecular formula is C12H22N4. The van der Waals surface area contributed by atoms with Gasteiger partial charge in [-0.15, -0.1) is 5.10 Å². The van der Waals surface area contributed by atoms with Crippen molar-refractivity contribution < 1.29 is 0 Å². The molecule has 1 aliphatic heterocycles. The summed E-state index contributed by atoms with van der Waals surface area (Å²) in [6.07, 6.45) is 0. The van der Waals surface area contributed by atoms with Crippen LogP contribution in [0.1, 0.15) is 31.2 Å². The van der Waals surface area contributed by atoms with E-state index in [0.29, 0.717) is 5.92 Å². The van der Waals surface area contributed by atoms with E-state index >= 15 is 0 Å². The Bertz CT molecular complexity index is 359. The Labute approximate surface area is 97.6 Å². The van der Waals surface area contributed by atoms with Gasteiger partial charge in [0.2, 0.25) is 0 Å². The Hall–Kier alpha value is -0.900. The normalized spacial score (nSPS) is 31.9. The molecule has 3 rings (SSSR count). The van der Waals surface area contributed by atoms with E-state index in [1.54, 1.807) is 0 Å². The van der Waals surface area contributed by atoms with Crippen molar-refractivity contribution in [3.05, 3.63) is 11.4 Å². The molecule has 1 saturated heterocycles. The number of hydrogen-bond donors (Lipinski definition) is 0. The van der Waals surface area contributed by atoms with Crippen LogP contribution >= 0.6 is 0 Å². The third kappa shape index (κ3) is 1.65. The van der Waals surface area contributed by atoms with Gasteiger partial charge in [0.1, 0.15) is 0 Å². The summed E-state index contributed by atoms with van der Waals surface area (Å²) in [5.41, 5.74) is 2.49. The van der Waals surface area contributed by atoms with Crippen LogP contribution in [0.15, 0.2) is 0 Å². The molecule has 0 N–H and O–H groups in total. The first-order chi connectivity index (χ1) is 7.68. The highest BCUT2D eigenvalue weighted by Crippen LogP contribution is 2.57. The van der Waals surface area contributed by atoms with E-state index in [4.69, 9.17) is 0 Å². The predicted octanol–water partition coefficient (Wildman–Crippen LogP) is 1.42. The summed E-state index contributed by atoms with van der Waals surface area (Å²) in [5.74, 6) is 2.42. The quantitative estimate of drug-likeness (QED) is 0.721. The number of piperidine rings is 1. The van der Waals surface area contributed by atoms with Crippen molar-refractivity contribution in [1.29, 1.82) is 0 Å². The lowest BCUT2D eigenvalue weighted by Gasteiger charge is -2.11. The van der Waals surface area contributed by atoms with E-state index in [2.05, 4.69) is 29.2 Å². The van der Waals surface area contributed by atoms with E-state index in [0.717, 1.165) is 11.8 Å². The van der Waals surface area contributed by atoms with Gasteiger partial charge in [0.25, 0.3) is 0 Å². The molecule has 1 aromatic heterocycles. The van der Waals surface area contributed by atoms with E-state index in [1.807, 2.05) is 25.6 Å². The Morgan fingerprint density at radius 2 is 1.69 bits per heavy atom. The van der Waals surface area contributed by atoms with Crippen LogP contribution in [-0.2, 0) is 7.05 Å². The number of aryl methyl sites for hydroxylation is 1. The first kappa shape index (κ1) is 11.6. The summed E-state index contributed by atoms with van der Waals surface area (Å²) < 4.78 is 1.88. The molecule has 4 nitrogen and oxygen atoms in total. The van der Waals surface area contributed by atoms with Crippen molar-refractivity contribution in [2.45, 2.75) is 26.7 Å². The lowest BCUT2D eigenvalue weighted by molar-refractivity contribution is 0.361. The number of hydrogen-bond acceptors (Lipinski definition) is 3. The summed E-state index contributed by atoms with van der Waals surface area (Å²) in [5, 5.41) is 8.36. The summed E-state index contributed by atoms with van der Waals surface area (Å²) in [6.45, 7) is 8.60. The minimum atomic E-state index is 0.708. The SMILES string of the molecule is CC.Cc1c(C2C3CN(C)CC32)nnn1C. The van der Waals surface area contributed by atoms with Gasteiger partial charge < -0.3 is 4.90 Å². The fourth-order valence-electron chi connectivity index (χ4n) is 2.87. The third-order valence-corrected chi connectivity index (χ3v) is 3.84. The zero-order chi connectivity index (χ0) is 11.9. The molecule has 0 aromatic carbocycles. The van der Waals surface area contributed by atoms with Crippen LogP contribution in [0.2, 0.25) is 0 Å². The molecule has 2 fully saturated rings. The molecule has 1 aromatic rings. The highest BCUT2D eigenvalue weighted by molar-refractivity contribution is 5.27. The van der Waals surface area contributed by atoms with Gasteiger partial charge >= 0.3 is 0 Å². The first-order valence-electron chi connectivity index (χ1n) is 6.23. The van der Waals surface area contributed by atoms with Crippen LogP contribution in [0.5, 0.6) is 0 Å². The molecule has 0 spiro atoms. The molecule has 16 heavy (non-hydrogen) atoms. The second-order valence-corrected chi connectivity index (χ2v) is 4.76. The average Bonchev–Trinajstić information content (AvgIpc) is 2.63. The fraction of sp³-hybridized carbons (Fsp3) is 0.833. The van der Waals surface area contributed by atoms with Crippen molar-refractivity contribution in [3.8, 4) is 0 Å². The maximum atomic E-state index is 4.28. The Morgan fingerprint density at radius 3 is 2.12 bits per heavy atom. The standard InChI is InChI=1S/C10H16N4.C2H6/c1-6-10(11-12-14(6)3)9-7-4-13(2)5-8(7)9;1-2/h7-9H,4-5H2,1-3H3;1-2H3. The van der Waals surface area contributed by atoms with Crippen LogP contribution in [0.25, 0.3) is 0 Å². The van der Waals surface area contributed by atoms with Crippen LogP contribution in [0.3, 0.4) is 0 Å². The van der Waals surface area contributed by atoms with Crippen LogP contribution in [-0.4, -0.2) is 40.0 Å². The Balaban J connectivity index is 0.000000457. The van der Waals surface area contributed by atoms with Gasteiger partial charge in [-0.1, -0.05) is 19.1 Å². The van der Waals surface area contributed by atoms with Gasteiger partial charge in [0, 0.05) is 26.1 Å². The predicted molar refractivity (Wildman–Crippen MR) is 64.3 cm³/mol. The Morgan fingerprint density at radius 1 is 1.12 bits per heavy atom. The molecule has 2 heterocycles. The van der Waals surface area contributed by atoms with Gasteiger partial charge in [-0.2, -0.15) is 0 Å². The largest absolute Gasteiger partial charge is 0.306 e. The number of nitrogens with zero attached hydrogens (tertiary/aromatic N) is 4. The highest BCUT2D eigenvalue weighted by Gasteiger charge is 2.57. The summed E-state index contributed by atoms with van der Waals surface area (Å²) in [4.78, 5) is 2.41. The van der Waals surface area contributed by atoms with E-state index in [-0.39, 0.29) is 0 Å². The molecule has 2 unspecified atom stereocenters. The van der Waals surface area contributed by atoms with Gasteiger partial charge in [0.05, 0.1) is 11.4 Å². The van der Waals surface area contributed by atoms with E-state index in [9.17, 15) is 0 Å². The summed E-state index contributed by atoms with van der Waals surface area (Å²) in [7, 11) is 4.17. The smallest absolute Gasteiger partial charge is 0.0893 e. The minimum absolute atomic E-state index is 0.708. The molecule has 0 amide bonds. The zero-order valence-corrected chi connectivity index (χ0v) is 10.9. The van der Waals surface area contributed by atoms with E-state index in [1.165, 1.54) is 24.5 Å². The van der Waals surface area contributed by atoms with Crippen LogP contribution in [0, 0.1) is 18.8 Å². The molecular weight excluding hydrogens is 200 g/mol. The van der Waals surface area contributed by atoms with E-state index < -0.39 is 0 Å². The summed E-state index contributed by atoms with van der Waals surface area (Å²) in [6, 6.07) is 0. The molecule has 0 bridgehead atoms. The number of likely N-dealkylation sites (tertiary alicyclic amines) is 1. The molecule has 0 radical (unpaired) electrons. The van der Waals surface area contributed by atoms with Crippen molar-refractivity contribution in [3.63, 3.8) is 0 Å².